The van der Waals surface area contributed by atoms with Crippen molar-refractivity contribution in [2.45, 2.75) is 76.9 Å². The lowest BCUT2D eigenvalue weighted by molar-refractivity contribution is -0.158. The molecule has 1 aliphatic carbocycles. The lowest BCUT2D eigenvalue weighted by Gasteiger charge is -2.38. The third kappa shape index (κ3) is 3.37. The summed E-state index contributed by atoms with van der Waals surface area (Å²) in [4.78, 5) is 15.1. The van der Waals surface area contributed by atoms with E-state index in [0.717, 1.165) is 64.6 Å². The number of hydrogen-bond acceptors (Lipinski definition) is 3. The maximum Gasteiger partial charge on any atom is 0.254 e. The normalized spacial score (nSPS) is 21.3. The summed E-state index contributed by atoms with van der Waals surface area (Å²) in [7, 11) is 0. The van der Waals surface area contributed by atoms with Crippen molar-refractivity contribution in [3.05, 3.63) is 18.0 Å². The Bertz CT molecular complexity index is 541. The summed E-state index contributed by atoms with van der Waals surface area (Å²) >= 11 is 0. The maximum atomic E-state index is 13.1. The topological polar surface area (TPSA) is 47.4 Å². The summed E-state index contributed by atoms with van der Waals surface area (Å²) in [5.74, 6) is 0.761. The van der Waals surface area contributed by atoms with Crippen molar-refractivity contribution in [2.24, 2.45) is 0 Å². The van der Waals surface area contributed by atoms with Crippen molar-refractivity contribution in [1.29, 1.82) is 0 Å². The Kier molecular flexibility index (Phi) is 5.59. The van der Waals surface area contributed by atoms with Gasteiger partial charge < -0.3 is 9.64 Å². The van der Waals surface area contributed by atoms with Crippen LogP contribution in [0.25, 0.3) is 0 Å². The second-order valence-electron chi connectivity index (χ2n) is 7.18. The Morgan fingerprint density at radius 3 is 2.62 bits per heavy atom. The molecular formula is C19H31N3O2. The minimum atomic E-state index is -0.522. The number of likely N-dealkylation sites (tertiary alicyclic amines) is 1. The summed E-state index contributed by atoms with van der Waals surface area (Å²) in [6.07, 6.45) is 9.07. The van der Waals surface area contributed by atoms with E-state index >= 15 is 0 Å². The Morgan fingerprint density at radius 1 is 1.29 bits per heavy atom. The van der Waals surface area contributed by atoms with Gasteiger partial charge in [-0.2, -0.15) is 5.10 Å². The zero-order valence-corrected chi connectivity index (χ0v) is 15.2. The molecule has 1 saturated heterocycles. The lowest BCUT2D eigenvalue weighted by Crippen LogP contribution is -2.51. The highest BCUT2D eigenvalue weighted by Gasteiger charge is 2.45. The second kappa shape index (κ2) is 7.68. The van der Waals surface area contributed by atoms with E-state index in [1.165, 1.54) is 5.69 Å². The SMILES string of the molecule is CCCn1nccc1C1CCN(C(=O)C2(OCC)CCCC2)CC1. The van der Waals surface area contributed by atoms with E-state index in [1.54, 1.807) is 0 Å². The number of aromatic nitrogens is 2. The van der Waals surface area contributed by atoms with Gasteiger partial charge in [-0.1, -0.05) is 6.92 Å². The molecule has 5 heteroatoms. The van der Waals surface area contributed by atoms with Gasteiger partial charge in [0.15, 0.2) is 0 Å². The van der Waals surface area contributed by atoms with Crippen LogP contribution in [-0.2, 0) is 16.1 Å². The van der Waals surface area contributed by atoms with Gasteiger partial charge in [-0.05, 0) is 57.9 Å². The summed E-state index contributed by atoms with van der Waals surface area (Å²) < 4.78 is 8.09. The Hall–Kier alpha value is -1.36. The maximum absolute atomic E-state index is 13.1. The largest absolute Gasteiger partial charge is 0.365 e. The van der Waals surface area contributed by atoms with Crippen LogP contribution in [0, 0.1) is 0 Å². The summed E-state index contributed by atoms with van der Waals surface area (Å²) in [5, 5.41) is 4.45. The molecule has 0 N–H and O–H groups in total. The van der Waals surface area contributed by atoms with Crippen LogP contribution in [0.15, 0.2) is 12.3 Å². The molecule has 0 aromatic carbocycles. The molecule has 0 unspecified atom stereocenters. The van der Waals surface area contributed by atoms with E-state index in [9.17, 15) is 4.79 Å². The molecule has 0 radical (unpaired) electrons. The number of carbonyl (C=O) groups is 1. The number of piperidine rings is 1. The van der Waals surface area contributed by atoms with Gasteiger partial charge in [0, 0.05) is 44.0 Å². The van der Waals surface area contributed by atoms with Crippen LogP contribution in [0.2, 0.25) is 0 Å². The molecule has 1 saturated carbocycles. The minimum Gasteiger partial charge on any atom is -0.365 e. The number of hydrogen-bond donors (Lipinski definition) is 0. The van der Waals surface area contributed by atoms with Gasteiger partial charge in [0.25, 0.3) is 5.91 Å². The first kappa shape index (κ1) is 17.5. The number of rotatable bonds is 6. The van der Waals surface area contributed by atoms with Crippen LogP contribution in [0.5, 0.6) is 0 Å². The number of ether oxygens (including phenoxy) is 1. The van der Waals surface area contributed by atoms with Crippen LogP contribution in [-0.4, -0.2) is 45.9 Å². The van der Waals surface area contributed by atoms with Gasteiger partial charge in [0.2, 0.25) is 0 Å². The predicted molar refractivity (Wildman–Crippen MR) is 93.9 cm³/mol. The zero-order valence-electron chi connectivity index (χ0n) is 15.2. The zero-order chi connectivity index (χ0) is 17.0. The van der Waals surface area contributed by atoms with Gasteiger partial charge >= 0.3 is 0 Å². The van der Waals surface area contributed by atoms with E-state index in [2.05, 4.69) is 27.7 Å². The molecule has 24 heavy (non-hydrogen) atoms. The molecule has 2 aliphatic rings. The first-order chi connectivity index (χ1) is 11.7. The van der Waals surface area contributed by atoms with Crippen molar-refractivity contribution in [3.8, 4) is 0 Å². The van der Waals surface area contributed by atoms with Gasteiger partial charge in [-0.25, -0.2) is 0 Å². The second-order valence-corrected chi connectivity index (χ2v) is 7.18. The summed E-state index contributed by atoms with van der Waals surface area (Å²) in [5.41, 5.74) is 0.815. The molecule has 5 nitrogen and oxygen atoms in total. The first-order valence-electron chi connectivity index (χ1n) is 9.65. The average molecular weight is 333 g/mol. The van der Waals surface area contributed by atoms with E-state index < -0.39 is 5.60 Å². The molecule has 1 aromatic heterocycles. The third-order valence-corrected chi connectivity index (χ3v) is 5.61. The van der Waals surface area contributed by atoms with Crippen LogP contribution in [0.4, 0.5) is 0 Å². The fourth-order valence-electron chi connectivity index (χ4n) is 4.40. The lowest BCUT2D eigenvalue weighted by atomic mass is 9.91. The smallest absolute Gasteiger partial charge is 0.254 e. The van der Waals surface area contributed by atoms with Crippen molar-refractivity contribution >= 4 is 5.91 Å². The summed E-state index contributed by atoms with van der Waals surface area (Å²) in [6, 6.07) is 2.15. The Labute approximate surface area is 145 Å². The van der Waals surface area contributed by atoms with Gasteiger partial charge in [-0.3, -0.25) is 9.48 Å². The molecule has 1 aromatic rings. The molecule has 0 atom stereocenters. The van der Waals surface area contributed by atoms with Crippen molar-refractivity contribution in [2.75, 3.05) is 19.7 Å². The molecule has 2 fully saturated rings. The van der Waals surface area contributed by atoms with Crippen LogP contribution in [0.1, 0.15) is 70.4 Å². The number of carbonyl (C=O) groups excluding carboxylic acids is 1. The molecule has 3 rings (SSSR count). The molecular weight excluding hydrogens is 302 g/mol. The minimum absolute atomic E-state index is 0.238. The van der Waals surface area contributed by atoms with Gasteiger partial charge in [0.05, 0.1) is 0 Å². The van der Waals surface area contributed by atoms with Crippen molar-refractivity contribution < 1.29 is 9.53 Å². The molecule has 2 heterocycles. The highest BCUT2D eigenvalue weighted by atomic mass is 16.5. The molecule has 0 spiro atoms. The fourth-order valence-corrected chi connectivity index (χ4v) is 4.40. The van der Waals surface area contributed by atoms with Crippen LogP contribution < -0.4 is 0 Å². The Morgan fingerprint density at radius 2 is 2.00 bits per heavy atom. The van der Waals surface area contributed by atoms with Crippen molar-refractivity contribution in [1.82, 2.24) is 14.7 Å². The predicted octanol–water partition coefficient (Wildman–Crippen LogP) is 3.35. The van der Waals surface area contributed by atoms with Crippen molar-refractivity contribution in [3.63, 3.8) is 0 Å². The standard InChI is InChI=1S/C19H31N3O2/c1-3-13-22-17(7-12-20-22)16-8-14-21(15-9-16)18(23)19(24-4-2)10-5-6-11-19/h7,12,16H,3-6,8-11,13-15H2,1-2H3. The van der Waals surface area contributed by atoms with Crippen LogP contribution in [0.3, 0.4) is 0 Å². The monoisotopic (exact) mass is 333 g/mol. The summed E-state index contributed by atoms with van der Waals surface area (Å²) in [6.45, 7) is 7.47. The molecule has 0 bridgehead atoms. The Balaban J connectivity index is 1.62. The quantitative estimate of drug-likeness (QED) is 0.802. The number of aryl methyl sites for hydroxylation is 1. The van der Waals surface area contributed by atoms with Crippen LogP contribution >= 0.6 is 0 Å². The fraction of sp³-hybridized carbons (Fsp3) is 0.789. The number of nitrogens with zero attached hydrogens (tertiary/aromatic N) is 3. The first-order valence-corrected chi connectivity index (χ1v) is 9.65. The van der Waals surface area contributed by atoms with Gasteiger partial charge in [-0.15, -0.1) is 0 Å². The molecule has 1 amide bonds. The van der Waals surface area contributed by atoms with Gasteiger partial charge in [0.1, 0.15) is 5.60 Å². The highest BCUT2D eigenvalue weighted by Crippen LogP contribution is 2.37. The third-order valence-electron chi connectivity index (χ3n) is 5.61. The molecule has 1 aliphatic heterocycles. The number of amides is 1. The van der Waals surface area contributed by atoms with E-state index in [4.69, 9.17) is 4.74 Å². The van der Waals surface area contributed by atoms with E-state index in [-0.39, 0.29) is 5.91 Å². The highest BCUT2D eigenvalue weighted by molar-refractivity contribution is 5.85. The average Bonchev–Trinajstić information content (AvgIpc) is 3.25. The van der Waals surface area contributed by atoms with E-state index in [0.29, 0.717) is 12.5 Å². The van der Waals surface area contributed by atoms with E-state index in [1.807, 2.05) is 13.1 Å². The molecule has 134 valence electrons.